The Kier molecular flexibility index (Phi) is 4.91. The van der Waals surface area contributed by atoms with Crippen LogP contribution in [-0.4, -0.2) is 47.5 Å². The number of hydrogen-bond acceptors (Lipinski definition) is 3. The van der Waals surface area contributed by atoms with Crippen LogP contribution in [0, 0.1) is 0 Å². The number of benzene rings is 1. The van der Waals surface area contributed by atoms with E-state index in [9.17, 15) is 10.2 Å². The Labute approximate surface area is 110 Å². The first-order valence-corrected chi connectivity index (χ1v) is 6.34. The molecule has 1 rings (SSSR count). The van der Waals surface area contributed by atoms with Crippen LogP contribution in [0.5, 0.6) is 0 Å². The molecule has 1 aromatic rings. The molecule has 0 saturated heterocycles. The smallest absolute Gasteiger partial charge is 0.0718 e. The number of aliphatic hydroxyl groups is 2. The second-order valence-electron chi connectivity index (χ2n) is 6.07. The maximum atomic E-state index is 9.82. The number of nitrogens with zero attached hydrogens (tertiary/aromatic N) is 1. The quantitative estimate of drug-likeness (QED) is 0.808. The third-order valence-corrected chi connectivity index (χ3v) is 3.10. The first kappa shape index (κ1) is 15.2. The van der Waals surface area contributed by atoms with Gasteiger partial charge in [-0.05, 0) is 26.5 Å². The molecule has 0 aromatic heterocycles. The Morgan fingerprint density at radius 2 is 1.61 bits per heavy atom. The average Bonchev–Trinajstić information content (AvgIpc) is 2.27. The molecule has 3 nitrogen and oxygen atoms in total. The van der Waals surface area contributed by atoms with E-state index in [1.54, 1.807) is 13.8 Å². The number of rotatable bonds is 6. The van der Waals surface area contributed by atoms with Crippen molar-refractivity contribution in [3.05, 3.63) is 35.9 Å². The minimum atomic E-state index is -0.720. The fraction of sp³-hybridized carbons (Fsp3) is 0.600. The van der Waals surface area contributed by atoms with Gasteiger partial charge in [0.2, 0.25) is 0 Å². The Balaban J connectivity index is 2.78. The Morgan fingerprint density at radius 1 is 1.06 bits per heavy atom. The van der Waals surface area contributed by atoms with Gasteiger partial charge in [-0.2, -0.15) is 0 Å². The van der Waals surface area contributed by atoms with Crippen LogP contribution in [0.3, 0.4) is 0 Å². The van der Waals surface area contributed by atoms with Gasteiger partial charge in [-0.1, -0.05) is 37.3 Å². The predicted molar refractivity (Wildman–Crippen MR) is 74.7 cm³/mol. The number of likely N-dealkylation sites (N-methyl/N-ethyl adjacent to an activating group) is 1. The molecule has 0 radical (unpaired) electrons. The second-order valence-corrected chi connectivity index (χ2v) is 6.07. The van der Waals surface area contributed by atoms with Crippen LogP contribution in [0.25, 0.3) is 0 Å². The predicted octanol–water partition coefficient (Wildman–Crippen LogP) is 1.64. The molecule has 0 fully saturated rings. The zero-order chi connectivity index (χ0) is 13.8. The van der Waals surface area contributed by atoms with Crippen molar-refractivity contribution in [2.24, 2.45) is 0 Å². The van der Waals surface area contributed by atoms with Crippen molar-refractivity contribution in [3.8, 4) is 0 Å². The molecule has 0 aliphatic rings. The standard InChI is InChI=1S/C15H25NO2/c1-14(2,18)10-16(4)11-15(3,12-17)13-8-6-5-7-9-13/h5-9,17-18H,10-12H2,1-4H3. The highest BCUT2D eigenvalue weighted by Gasteiger charge is 2.28. The van der Waals surface area contributed by atoms with Crippen LogP contribution < -0.4 is 0 Å². The van der Waals surface area contributed by atoms with E-state index in [0.717, 1.165) is 5.56 Å². The fourth-order valence-corrected chi connectivity index (χ4v) is 2.39. The third-order valence-electron chi connectivity index (χ3n) is 3.10. The Hall–Kier alpha value is -0.900. The second kappa shape index (κ2) is 5.83. The van der Waals surface area contributed by atoms with Gasteiger partial charge in [0, 0.05) is 18.5 Å². The van der Waals surface area contributed by atoms with E-state index in [0.29, 0.717) is 13.1 Å². The molecule has 1 aromatic carbocycles. The van der Waals surface area contributed by atoms with Crippen molar-refractivity contribution in [3.63, 3.8) is 0 Å². The summed E-state index contributed by atoms with van der Waals surface area (Å²) in [4.78, 5) is 2.06. The monoisotopic (exact) mass is 251 g/mol. The maximum Gasteiger partial charge on any atom is 0.0718 e. The first-order chi connectivity index (χ1) is 8.27. The highest BCUT2D eigenvalue weighted by atomic mass is 16.3. The van der Waals surface area contributed by atoms with Gasteiger partial charge in [-0.15, -0.1) is 0 Å². The number of hydrogen-bond donors (Lipinski definition) is 2. The van der Waals surface area contributed by atoms with Gasteiger partial charge in [0.05, 0.1) is 12.2 Å². The van der Waals surface area contributed by atoms with Crippen molar-refractivity contribution in [1.29, 1.82) is 0 Å². The summed E-state index contributed by atoms with van der Waals surface area (Å²) in [6.07, 6.45) is 0. The number of aliphatic hydroxyl groups excluding tert-OH is 1. The molecule has 18 heavy (non-hydrogen) atoms. The summed E-state index contributed by atoms with van der Waals surface area (Å²) in [5, 5.41) is 19.5. The lowest BCUT2D eigenvalue weighted by Gasteiger charge is -2.35. The molecular formula is C15H25NO2. The van der Waals surface area contributed by atoms with Crippen molar-refractivity contribution in [2.75, 3.05) is 26.7 Å². The lowest BCUT2D eigenvalue weighted by Crippen LogP contribution is -2.45. The van der Waals surface area contributed by atoms with E-state index >= 15 is 0 Å². The van der Waals surface area contributed by atoms with Crippen molar-refractivity contribution >= 4 is 0 Å². The topological polar surface area (TPSA) is 43.7 Å². The molecule has 0 heterocycles. The minimum absolute atomic E-state index is 0.0905. The van der Waals surface area contributed by atoms with Crippen LogP contribution >= 0.6 is 0 Å². The lowest BCUT2D eigenvalue weighted by molar-refractivity contribution is 0.0339. The van der Waals surface area contributed by atoms with Crippen molar-refractivity contribution in [1.82, 2.24) is 4.90 Å². The largest absolute Gasteiger partial charge is 0.395 e. The summed E-state index contributed by atoms with van der Waals surface area (Å²) >= 11 is 0. The molecule has 2 N–H and O–H groups in total. The molecule has 0 aliphatic carbocycles. The highest BCUT2D eigenvalue weighted by Crippen LogP contribution is 2.24. The van der Waals surface area contributed by atoms with Crippen LogP contribution in [0.15, 0.2) is 30.3 Å². The van der Waals surface area contributed by atoms with Gasteiger partial charge < -0.3 is 15.1 Å². The van der Waals surface area contributed by atoms with Crippen LogP contribution in [0.1, 0.15) is 26.3 Å². The SMILES string of the molecule is CN(CC(C)(C)O)CC(C)(CO)c1ccccc1. The zero-order valence-electron chi connectivity index (χ0n) is 11.8. The van der Waals surface area contributed by atoms with Gasteiger partial charge >= 0.3 is 0 Å². The zero-order valence-corrected chi connectivity index (χ0v) is 11.8. The Morgan fingerprint density at radius 3 is 2.06 bits per heavy atom. The first-order valence-electron chi connectivity index (χ1n) is 6.34. The average molecular weight is 251 g/mol. The van der Waals surface area contributed by atoms with E-state index in [-0.39, 0.29) is 12.0 Å². The highest BCUT2D eigenvalue weighted by molar-refractivity contribution is 5.25. The van der Waals surface area contributed by atoms with Gasteiger partial charge in [0.25, 0.3) is 0 Å². The lowest BCUT2D eigenvalue weighted by atomic mass is 9.82. The van der Waals surface area contributed by atoms with Gasteiger partial charge in [0.1, 0.15) is 0 Å². The van der Waals surface area contributed by atoms with Crippen LogP contribution in [0.2, 0.25) is 0 Å². The van der Waals surface area contributed by atoms with Crippen LogP contribution in [0.4, 0.5) is 0 Å². The molecule has 0 amide bonds. The Bertz CT molecular complexity index is 359. The van der Waals surface area contributed by atoms with E-state index in [1.165, 1.54) is 0 Å². The molecule has 102 valence electrons. The van der Waals surface area contributed by atoms with E-state index in [1.807, 2.05) is 44.3 Å². The molecule has 1 atom stereocenters. The summed E-state index contributed by atoms with van der Waals surface area (Å²) in [5.74, 6) is 0. The van der Waals surface area contributed by atoms with Crippen molar-refractivity contribution in [2.45, 2.75) is 31.8 Å². The maximum absolute atomic E-state index is 9.82. The van der Waals surface area contributed by atoms with Crippen LogP contribution in [-0.2, 0) is 5.41 Å². The summed E-state index contributed by atoms with van der Waals surface area (Å²) in [7, 11) is 1.97. The molecule has 0 spiro atoms. The molecule has 0 bridgehead atoms. The molecule has 1 unspecified atom stereocenters. The van der Waals surface area contributed by atoms with E-state index < -0.39 is 5.60 Å². The molecule has 0 aliphatic heterocycles. The molecule has 3 heteroatoms. The minimum Gasteiger partial charge on any atom is -0.395 e. The van der Waals surface area contributed by atoms with Crippen molar-refractivity contribution < 1.29 is 10.2 Å². The summed E-state index contributed by atoms with van der Waals surface area (Å²) in [6, 6.07) is 10.0. The normalized spacial score (nSPS) is 15.7. The summed E-state index contributed by atoms with van der Waals surface area (Å²) < 4.78 is 0. The molecular weight excluding hydrogens is 226 g/mol. The summed E-state index contributed by atoms with van der Waals surface area (Å²) in [5.41, 5.74) is 0.0957. The van der Waals surface area contributed by atoms with Gasteiger partial charge in [-0.25, -0.2) is 0 Å². The summed E-state index contributed by atoms with van der Waals surface area (Å²) in [6.45, 7) is 7.01. The van der Waals surface area contributed by atoms with E-state index in [4.69, 9.17) is 0 Å². The third kappa shape index (κ3) is 4.41. The van der Waals surface area contributed by atoms with Gasteiger partial charge in [-0.3, -0.25) is 0 Å². The molecule has 0 saturated carbocycles. The fourth-order valence-electron chi connectivity index (χ4n) is 2.39. The van der Waals surface area contributed by atoms with E-state index in [2.05, 4.69) is 4.90 Å². The van der Waals surface area contributed by atoms with Gasteiger partial charge in [0.15, 0.2) is 0 Å².